The second kappa shape index (κ2) is 6.70. The van der Waals surface area contributed by atoms with Gasteiger partial charge in [0.2, 0.25) is 0 Å². The largest absolute Gasteiger partial charge is 0.468 e. The van der Waals surface area contributed by atoms with Crippen molar-refractivity contribution in [3.05, 3.63) is 45.0 Å². The third-order valence-corrected chi connectivity index (χ3v) is 5.20. The summed E-state index contributed by atoms with van der Waals surface area (Å²) in [6.07, 6.45) is 1.73. The Labute approximate surface area is 126 Å². The van der Waals surface area contributed by atoms with Crippen LogP contribution in [0.5, 0.6) is 0 Å². The highest BCUT2D eigenvalue weighted by Gasteiger charge is 2.19. The number of halogens is 1. The number of thiophene rings is 1. The number of likely N-dealkylation sites (N-methyl/N-ethyl adjacent to an activating group) is 1. The fraction of sp³-hybridized carbons (Fsp3) is 0.429. The molecule has 0 bridgehead atoms. The van der Waals surface area contributed by atoms with Gasteiger partial charge in [0, 0.05) is 21.9 Å². The van der Waals surface area contributed by atoms with E-state index in [1.807, 2.05) is 12.1 Å². The molecule has 0 aliphatic carbocycles. The topological polar surface area (TPSA) is 28.4 Å². The maximum Gasteiger partial charge on any atom is 0.122 e. The quantitative estimate of drug-likeness (QED) is 0.858. The van der Waals surface area contributed by atoms with Crippen molar-refractivity contribution in [1.29, 1.82) is 0 Å². The number of rotatable bonds is 6. The molecule has 0 radical (unpaired) electrons. The SMILES string of the molecule is CC(NCC(c1ccco1)N(C)C)c1sccc1Br. The van der Waals surface area contributed by atoms with Gasteiger partial charge in [0.25, 0.3) is 0 Å². The van der Waals surface area contributed by atoms with Gasteiger partial charge < -0.3 is 9.73 Å². The Morgan fingerprint density at radius 3 is 2.74 bits per heavy atom. The van der Waals surface area contributed by atoms with Crippen LogP contribution in [0.1, 0.15) is 29.6 Å². The van der Waals surface area contributed by atoms with Crippen LogP contribution in [0.25, 0.3) is 0 Å². The number of nitrogens with one attached hydrogen (secondary N) is 1. The normalized spacial score (nSPS) is 14.8. The molecule has 0 amide bonds. The standard InChI is InChI=1S/C14H19BrN2OS/c1-10(14-11(15)6-8-19-14)16-9-12(17(2)3)13-5-4-7-18-13/h4-8,10,12,16H,9H2,1-3H3. The molecular formula is C14H19BrN2OS. The lowest BCUT2D eigenvalue weighted by Gasteiger charge is -2.24. The lowest BCUT2D eigenvalue weighted by atomic mass is 10.2. The molecule has 2 aromatic rings. The summed E-state index contributed by atoms with van der Waals surface area (Å²) >= 11 is 5.35. The van der Waals surface area contributed by atoms with Crippen LogP contribution in [0, 0.1) is 0 Å². The zero-order chi connectivity index (χ0) is 13.8. The predicted octanol–water partition coefficient (Wildman–Crippen LogP) is 4.06. The highest BCUT2D eigenvalue weighted by Crippen LogP contribution is 2.29. The number of nitrogens with zero attached hydrogens (tertiary/aromatic N) is 1. The van der Waals surface area contributed by atoms with E-state index in [1.165, 1.54) is 9.35 Å². The summed E-state index contributed by atoms with van der Waals surface area (Å²) in [6.45, 7) is 3.04. The first-order chi connectivity index (χ1) is 9.09. The van der Waals surface area contributed by atoms with Crippen molar-refractivity contribution in [1.82, 2.24) is 10.2 Å². The smallest absolute Gasteiger partial charge is 0.122 e. The van der Waals surface area contributed by atoms with Gasteiger partial charge in [-0.2, -0.15) is 0 Å². The van der Waals surface area contributed by atoms with Gasteiger partial charge in [-0.15, -0.1) is 11.3 Å². The molecule has 2 rings (SSSR count). The highest BCUT2D eigenvalue weighted by atomic mass is 79.9. The van der Waals surface area contributed by atoms with Crippen LogP contribution >= 0.6 is 27.3 Å². The van der Waals surface area contributed by atoms with Crippen LogP contribution in [-0.4, -0.2) is 25.5 Å². The summed E-state index contributed by atoms with van der Waals surface area (Å²) in [6, 6.07) is 6.63. The Morgan fingerprint density at radius 2 is 2.21 bits per heavy atom. The van der Waals surface area contributed by atoms with Crippen LogP contribution in [0.4, 0.5) is 0 Å². The van der Waals surface area contributed by atoms with Crippen LogP contribution < -0.4 is 5.32 Å². The minimum atomic E-state index is 0.246. The third-order valence-electron chi connectivity index (χ3n) is 3.15. The molecule has 2 heterocycles. The first-order valence-electron chi connectivity index (χ1n) is 6.25. The lowest BCUT2D eigenvalue weighted by molar-refractivity contribution is 0.245. The van der Waals surface area contributed by atoms with Crippen molar-refractivity contribution in [2.75, 3.05) is 20.6 Å². The monoisotopic (exact) mass is 342 g/mol. The van der Waals surface area contributed by atoms with Gasteiger partial charge in [0.05, 0.1) is 12.3 Å². The second-order valence-electron chi connectivity index (χ2n) is 4.76. The van der Waals surface area contributed by atoms with Gasteiger partial charge in [0.1, 0.15) is 5.76 Å². The molecule has 0 aliphatic heterocycles. The van der Waals surface area contributed by atoms with Crippen LogP contribution in [0.2, 0.25) is 0 Å². The van der Waals surface area contributed by atoms with Crippen molar-refractivity contribution in [3.8, 4) is 0 Å². The fourth-order valence-corrected chi connectivity index (χ4v) is 3.76. The van der Waals surface area contributed by atoms with Gasteiger partial charge in [-0.25, -0.2) is 0 Å². The molecule has 2 atom stereocenters. The lowest BCUT2D eigenvalue weighted by Crippen LogP contribution is -2.32. The van der Waals surface area contributed by atoms with Crippen molar-refractivity contribution >= 4 is 27.3 Å². The van der Waals surface area contributed by atoms with Crippen LogP contribution in [0.15, 0.2) is 38.7 Å². The fourth-order valence-electron chi connectivity index (χ4n) is 2.01. The van der Waals surface area contributed by atoms with Gasteiger partial charge >= 0.3 is 0 Å². The van der Waals surface area contributed by atoms with Crippen molar-refractivity contribution in [3.63, 3.8) is 0 Å². The minimum absolute atomic E-state index is 0.246. The minimum Gasteiger partial charge on any atom is -0.468 e. The molecule has 2 aromatic heterocycles. The number of hydrogen-bond acceptors (Lipinski definition) is 4. The summed E-state index contributed by atoms with van der Waals surface area (Å²) < 4.78 is 6.69. The molecule has 0 fully saturated rings. The Kier molecular flexibility index (Phi) is 5.21. The van der Waals surface area contributed by atoms with Crippen molar-refractivity contribution in [2.24, 2.45) is 0 Å². The molecule has 0 spiro atoms. The molecular weight excluding hydrogens is 324 g/mol. The van der Waals surface area contributed by atoms with Gasteiger partial charge in [-0.1, -0.05) is 0 Å². The molecule has 2 unspecified atom stereocenters. The third kappa shape index (κ3) is 3.69. The summed E-state index contributed by atoms with van der Waals surface area (Å²) in [5, 5.41) is 5.68. The maximum absolute atomic E-state index is 5.52. The molecule has 0 aromatic carbocycles. The molecule has 0 saturated heterocycles. The summed E-state index contributed by atoms with van der Waals surface area (Å²) in [5.74, 6) is 0.995. The molecule has 19 heavy (non-hydrogen) atoms. The average molecular weight is 343 g/mol. The van der Waals surface area contributed by atoms with Crippen molar-refractivity contribution < 1.29 is 4.42 Å². The van der Waals surface area contributed by atoms with E-state index >= 15 is 0 Å². The zero-order valence-electron chi connectivity index (χ0n) is 11.4. The Hall–Kier alpha value is -0.620. The first kappa shape index (κ1) is 14.8. The first-order valence-corrected chi connectivity index (χ1v) is 7.93. The van der Waals surface area contributed by atoms with Gasteiger partial charge in [-0.05, 0) is 60.5 Å². The zero-order valence-corrected chi connectivity index (χ0v) is 13.8. The van der Waals surface area contributed by atoms with Crippen molar-refractivity contribution in [2.45, 2.75) is 19.0 Å². The summed E-state index contributed by atoms with van der Waals surface area (Å²) in [7, 11) is 4.14. The maximum atomic E-state index is 5.52. The molecule has 104 valence electrons. The van der Waals surface area contributed by atoms with E-state index < -0.39 is 0 Å². The van der Waals surface area contributed by atoms with E-state index in [9.17, 15) is 0 Å². The van der Waals surface area contributed by atoms with E-state index in [-0.39, 0.29) is 6.04 Å². The Balaban J connectivity index is 1.98. The Bertz CT molecular complexity index is 495. The summed E-state index contributed by atoms with van der Waals surface area (Å²) in [4.78, 5) is 3.50. The van der Waals surface area contributed by atoms with E-state index in [0.717, 1.165) is 12.3 Å². The van der Waals surface area contributed by atoms with E-state index in [1.54, 1.807) is 17.6 Å². The van der Waals surface area contributed by atoms with Crippen LogP contribution in [0.3, 0.4) is 0 Å². The summed E-state index contributed by atoms with van der Waals surface area (Å²) in [5.41, 5.74) is 0. The molecule has 3 nitrogen and oxygen atoms in total. The van der Waals surface area contributed by atoms with E-state index in [2.05, 4.69) is 58.6 Å². The Morgan fingerprint density at radius 1 is 1.42 bits per heavy atom. The highest BCUT2D eigenvalue weighted by molar-refractivity contribution is 9.10. The number of furan rings is 1. The van der Waals surface area contributed by atoms with Crippen LogP contribution in [-0.2, 0) is 0 Å². The van der Waals surface area contributed by atoms with E-state index in [4.69, 9.17) is 4.42 Å². The number of hydrogen-bond donors (Lipinski definition) is 1. The predicted molar refractivity (Wildman–Crippen MR) is 83.6 cm³/mol. The second-order valence-corrected chi connectivity index (χ2v) is 6.56. The van der Waals surface area contributed by atoms with E-state index in [0.29, 0.717) is 6.04 Å². The molecule has 1 N–H and O–H groups in total. The van der Waals surface area contributed by atoms with Gasteiger partial charge in [-0.3, -0.25) is 4.90 Å². The average Bonchev–Trinajstić information content (AvgIpc) is 3.00. The molecule has 5 heteroatoms. The molecule has 0 saturated carbocycles. The molecule has 0 aliphatic rings. The van der Waals surface area contributed by atoms with Gasteiger partial charge in [0.15, 0.2) is 0 Å².